The molecule has 0 fully saturated rings. The van der Waals surface area contributed by atoms with Crippen molar-refractivity contribution in [3.05, 3.63) is 57.6 Å². The van der Waals surface area contributed by atoms with Gasteiger partial charge in [-0.1, -0.05) is 18.2 Å². The second-order valence-electron chi connectivity index (χ2n) is 5.29. The van der Waals surface area contributed by atoms with Crippen molar-refractivity contribution in [3.8, 4) is 0 Å². The summed E-state index contributed by atoms with van der Waals surface area (Å²) in [6, 6.07) is 3.49. The average molecular weight is 295 g/mol. The number of nitrogens with zero attached hydrogens (tertiary/aromatic N) is 1. The monoisotopic (exact) mass is 295 g/mol. The first-order valence-electron chi connectivity index (χ1n) is 7.01. The first-order valence-corrected chi connectivity index (χ1v) is 7.01. The Bertz CT molecular complexity index is 920. The van der Waals surface area contributed by atoms with Gasteiger partial charge in [0.25, 0.3) is 0 Å². The summed E-state index contributed by atoms with van der Waals surface area (Å²) in [5.41, 5.74) is 2.91. The Hall–Kier alpha value is -2.82. The van der Waals surface area contributed by atoms with Crippen molar-refractivity contribution in [3.63, 3.8) is 0 Å². The fraction of sp³-hybridized carbons (Fsp3) is 0.176. The quantitative estimate of drug-likeness (QED) is 0.597. The van der Waals surface area contributed by atoms with Gasteiger partial charge in [-0.15, -0.1) is 0 Å². The highest BCUT2D eigenvalue weighted by Gasteiger charge is 2.24. The predicted octanol–water partition coefficient (Wildman–Crippen LogP) is 2.48. The van der Waals surface area contributed by atoms with E-state index in [1.165, 1.54) is 7.11 Å². The lowest BCUT2D eigenvalue weighted by Gasteiger charge is -2.30. The van der Waals surface area contributed by atoms with Crippen molar-refractivity contribution in [2.24, 2.45) is 0 Å². The lowest BCUT2D eigenvalue weighted by Crippen LogP contribution is -2.24. The van der Waals surface area contributed by atoms with Crippen LogP contribution in [-0.4, -0.2) is 19.6 Å². The van der Waals surface area contributed by atoms with Crippen LogP contribution in [0.3, 0.4) is 0 Å². The Morgan fingerprint density at radius 2 is 2.18 bits per heavy atom. The first-order chi connectivity index (χ1) is 10.7. The third-order valence-corrected chi connectivity index (χ3v) is 4.02. The molecule has 1 aromatic carbocycles. The van der Waals surface area contributed by atoms with Crippen LogP contribution in [-0.2, 0) is 11.2 Å². The number of anilines is 1. The Balaban J connectivity index is 2.06. The summed E-state index contributed by atoms with van der Waals surface area (Å²) in [4.78, 5) is 25.9. The number of methoxy groups -OCH3 is 1. The summed E-state index contributed by atoms with van der Waals surface area (Å²) in [5, 5.41) is 0.732. The van der Waals surface area contributed by atoms with E-state index in [-0.39, 0.29) is 5.56 Å². The third kappa shape index (κ3) is 1.72. The zero-order chi connectivity index (χ0) is 15.3. The van der Waals surface area contributed by atoms with E-state index in [0.717, 1.165) is 28.7 Å². The minimum Gasteiger partial charge on any atom is -0.465 e. The van der Waals surface area contributed by atoms with Gasteiger partial charge in [0.15, 0.2) is 0 Å². The van der Waals surface area contributed by atoms with E-state index in [1.807, 2.05) is 18.3 Å². The number of benzene rings is 1. The molecule has 22 heavy (non-hydrogen) atoms. The highest BCUT2D eigenvalue weighted by atomic mass is 16.5. The van der Waals surface area contributed by atoms with Gasteiger partial charge in [-0.2, -0.15) is 0 Å². The normalized spacial score (nSPS) is 15.0. The largest absolute Gasteiger partial charge is 0.465 e. The number of hydrogen-bond acceptors (Lipinski definition) is 5. The van der Waals surface area contributed by atoms with Crippen molar-refractivity contribution < 1.29 is 13.9 Å². The molecule has 0 radical (unpaired) electrons. The van der Waals surface area contributed by atoms with Crippen molar-refractivity contribution >= 4 is 28.7 Å². The molecule has 5 heteroatoms. The van der Waals surface area contributed by atoms with Gasteiger partial charge in [0.1, 0.15) is 11.1 Å². The zero-order valence-corrected chi connectivity index (χ0v) is 12.0. The van der Waals surface area contributed by atoms with Gasteiger partial charge < -0.3 is 14.1 Å². The maximum atomic E-state index is 12.1. The molecule has 0 spiro atoms. The van der Waals surface area contributed by atoms with E-state index in [2.05, 4.69) is 21.8 Å². The van der Waals surface area contributed by atoms with Crippen LogP contribution in [0.4, 0.5) is 5.69 Å². The van der Waals surface area contributed by atoms with E-state index in [9.17, 15) is 9.59 Å². The molecule has 0 atom stereocenters. The van der Waals surface area contributed by atoms with Gasteiger partial charge in [-0.05, 0) is 24.1 Å². The molecule has 0 bridgehead atoms. The number of fused-ring (bicyclic) bond motifs is 2. The zero-order valence-electron chi connectivity index (χ0n) is 12.0. The molecule has 0 amide bonds. The predicted molar refractivity (Wildman–Crippen MR) is 83.0 cm³/mol. The number of ether oxygens (including phenoxy) is 1. The molecule has 0 aliphatic carbocycles. The van der Waals surface area contributed by atoms with Gasteiger partial charge in [0.2, 0.25) is 0 Å². The molecular formula is C17H13NO4. The average Bonchev–Trinajstić information content (AvgIpc) is 2.55. The smallest absolute Gasteiger partial charge is 0.351 e. The third-order valence-electron chi connectivity index (χ3n) is 4.02. The SMILES string of the molecule is COC(=O)c1cc2cc3c4c(c2oc1=O)CC=CN4CC=C3. The summed E-state index contributed by atoms with van der Waals surface area (Å²) < 4.78 is 10.1. The number of allylic oxidation sites excluding steroid dienone is 1. The molecular weight excluding hydrogens is 282 g/mol. The standard InChI is InChI=1S/C17H13NO4/c1-21-16(19)13-9-11-8-10-4-2-6-18-7-3-5-12(14(10)18)15(11)22-17(13)20/h2-4,7-9H,5-6H2,1H3. The Morgan fingerprint density at radius 1 is 1.32 bits per heavy atom. The van der Waals surface area contributed by atoms with Gasteiger partial charge >= 0.3 is 11.6 Å². The Labute approximate surface area is 126 Å². The summed E-state index contributed by atoms with van der Waals surface area (Å²) >= 11 is 0. The number of hydrogen-bond donors (Lipinski definition) is 0. The highest BCUT2D eigenvalue weighted by Crippen LogP contribution is 2.38. The first kappa shape index (κ1) is 12.9. The van der Waals surface area contributed by atoms with E-state index < -0.39 is 11.6 Å². The maximum Gasteiger partial charge on any atom is 0.351 e. The number of esters is 1. The van der Waals surface area contributed by atoms with E-state index >= 15 is 0 Å². The van der Waals surface area contributed by atoms with Gasteiger partial charge in [-0.25, -0.2) is 9.59 Å². The molecule has 2 aliphatic rings. The summed E-state index contributed by atoms with van der Waals surface area (Å²) in [7, 11) is 1.24. The Kier molecular flexibility index (Phi) is 2.69. The molecule has 0 unspecified atom stereocenters. The maximum absolute atomic E-state index is 12.1. The molecule has 5 nitrogen and oxygen atoms in total. The van der Waals surface area contributed by atoms with E-state index in [4.69, 9.17) is 4.42 Å². The molecule has 110 valence electrons. The van der Waals surface area contributed by atoms with Crippen LogP contribution in [0.1, 0.15) is 21.5 Å². The van der Waals surface area contributed by atoms with E-state index in [0.29, 0.717) is 12.0 Å². The topological polar surface area (TPSA) is 59.8 Å². The molecule has 0 saturated carbocycles. The molecule has 0 N–H and O–H groups in total. The molecule has 1 aromatic heterocycles. The number of carbonyl (C=O) groups excluding carboxylic acids is 1. The summed E-state index contributed by atoms with van der Waals surface area (Å²) in [6.45, 7) is 0.798. The van der Waals surface area contributed by atoms with E-state index in [1.54, 1.807) is 6.07 Å². The van der Waals surface area contributed by atoms with Gasteiger partial charge in [-0.3, -0.25) is 0 Å². The van der Waals surface area contributed by atoms with Crippen LogP contribution >= 0.6 is 0 Å². The fourth-order valence-corrected chi connectivity index (χ4v) is 3.07. The molecule has 3 heterocycles. The lowest BCUT2D eigenvalue weighted by molar-refractivity contribution is 0.0596. The van der Waals surface area contributed by atoms with Crippen LogP contribution < -0.4 is 10.5 Å². The second kappa shape index (κ2) is 4.59. The summed E-state index contributed by atoms with van der Waals surface area (Å²) in [5.74, 6) is -0.681. The van der Waals surface area contributed by atoms with Gasteiger partial charge in [0, 0.05) is 23.7 Å². The highest BCUT2D eigenvalue weighted by molar-refractivity contribution is 5.97. The Morgan fingerprint density at radius 3 is 3.00 bits per heavy atom. The molecule has 0 saturated heterocycles. The molecule has 2 aliphatic heterocycles. The molecule has 4 rings (SSSR count). The second-order valence-corrected chi connectivity index (χ2v) is 5.29. The van der Waals surface area contributed by atoms with Crippen LogP contribution in [0.2, 0.25) is 0 Å². The minimum absolute atomic E-state index is 0.0786. The number of rotatable bonds is 1. The van der Waals surface area contributed by atoms with Crippen molar-refractivity contribution in [1.29, 1.82) is 0 Å². The fourth-order valence-electron chi connectivity index (χ4n) is 3.07. The van der Waals surface area contributed by atoms with Crippen LogP contribution in [0.25, 0.3) is 17.0 Å². The summed E-state index contributed by atoms with van der Waals surface area (Å²) in [6.07, 6.45) is 8.91. The van der Waals surface area contributed by atoms with Crippen LogP contribution in [0.15, 0.2) is 39.7 Å². The van der Waals surface area contributed by atoms with Gasteiger partial charge in [0.05, 0.1) is 12.8 Å². The van der Waals surface area contributed by atoms with Crippen molar-refractivity contribution in [1.82, 2.24) is 0 Å². The molecule has 2 aromatic rings. The number of carbonyl (C=O) groups is 1. The van der Waals surface area contributed by atoms with Crippen LogP contribution in [0, 0.1) is 0 Å². The lowest BCUT2D eigenvalue weighted by atomic mass is 9.95. The minimum atomic E-state index is -0.681. The van der Waals surface area contributed by atoms with Crippen molar-refractivity contribution in [2.45, 2.75) is 6.42 Å². The van der Waals surface area contributed by atoms with Crippen LogP contribution in [0.5, 0.6) is 0 Å². The van der Waals surface area contributed by atoms with Crippen molar-refractivity contribution in [2.75, 3.05) is 18.6 Å².